The van der Waals surface area contributed by atoms with Gasteiger partial charge < -0.3 is 14.6 Å². The molecular weight excluding hydrogens is 813 g/mol. The van der Waals surface area contributed by atoms with E-state index in [0.29, 0.717) is 11.4 Å². The Kier molecular flexibility index (Phi) is 7.08. The zero-order valence-electron chi connectivity index (χ0n) is 48.7. The number of benzene rings is 11. The quantitative estimate of drug-likeness (QED) is 0.157. The van der Waals surface area contributed by atoms with Crippen LogP contribution < -0.4 is 4.90 Å². The van der Waals surface area contributed by atoms with Gasteiger partial charge in [-0.3, -0.25) is 0 Å². The number of hydrogen-bond donors (Lipinski definition) is 1. The van der Waals surface area contributed by atoms with E-state index in [0.717, 1.165) is 66.9 Å². The zero-order valence-corrected chi connectivity index (χ0v) is 35.7. The molecule has 0 saturated heterocycles. The lowest BCUT2D eigenvalue weighted by molar-refractivity contribution is 0.479. The van der Waals surface area contributed by atoms with Crippen LogP contribution in [-0.2, 0) is 0 Å². The van der Waals surface area contributed by atoms with Crippen molar-refractivity contribution in [3.8, 4) is 67.1 Å². The second-order valence-corrected chi connectivity index (χ2v) is 16.1. The average molecular weight is 870 g/mol. The average Bonchev–Trinajstić information content (AvgIpc) is 3.86. The molecule has 0 unspecified atom stereocenters. The molecule has 0 spiro atoms. The monoisotopic (exact) mass is 869 g/mol. The number of phenolic OH excluding ortho intramolecular Hbond substituents is 1. The summed E-state index contributed by atoms with van der Waals surface area (Å²) >= 11 is 0. The summed E-state index contributed by atoms with van der Waals surface area (Å²) in [5.41, 5.74) is 6.79. The van der Waals surface area contributed by atoms with Crippen LogP contribution in [0.2, 0.25) is 0 Å². The predicted octanol–water partition coefficient (Wildman–Crippen LogP) is 17.4. The predicted molar refractivity (Wildman–Crippen MR) is 282 cm³/mol. The number of phenols is 1. The van der Waals surface area contributed by atoms with Crippen LogP contribution in [0.3, 0.4) is 0 Å². The molecule has 1 aromatic heterocycles. The van der Waals surface area contributed by atoms with Gasteiger partial charge in [-0.15, -0.1) is 0 Å². The number of anilines is 3. The first-order chi connectivity index (χ1) is 38.5. The molecule has 0 fully saturated rings. The number of hydrogen-bond acceptors (Lipinski definition) is 2. The summed E-state index contributed by atoms with van der Waals surface area (Å²) in [5, 5.41) is 14.1. The molecule has 1 heterocycles. The number of aromatic hydroxyl groups is 1. The Morgan fingerprint density at radius 3 is 1.55 bits per heavy atom. The molecule has 0 saturated carbocycles. The second kappa shape index (κ2) is 16.9. The van der Waals surface area contributed by atoms with Crippen LogP contribution in [0.25, 0.3) is 93.9 Å². The fourth-order valence-electron chi connectivity index (χ4n) is 8.86. The van der Waals surface area contributed by atoms with Gasteiger partial charge in [0.15, 0.2) is 0 Å². The molecule has 0 bridgehead atoms. The van der Waals surface area contributed by atoms with Crippen LogP contribution in [0.5, 0.6) is 5.75 Å². The molecule has 0 aliphatic carbocycles. The zero-order chi connectivity index (χ0) is 56.0. The highest BCUT2D eigenvalue weighted by molar-refractivity contribution is 6.09. The molecule has 316 valence electrons. The van der Waals surface area contributed by atoms with Gasteiger partial charge in [-0.2, -0.15) is 0 Å². The highest BCUT2D eigenvalue weighted by Crippen LogP contribution is 2.43. The Labute approximate surface area is 408 Å². The van der Waals surface area contributed by atoms with Gasteiger partial charge in [0.2, 0.25) is 0 Å². The lowest BCUT2D eigenvalue weighted by Crippen LogP contribution is -2.10. The first-order valence-electron chi connectivity index (χ1n) is 28.2. The Morgan fingerprint density at radius 1 is 0.343 bits per heavy atom. The summed E-state index contributed by atoms with van der Waals surface area (Å²) in [6.45, 7) is 0. The Balaban J connectivity index is 1.06. The topological polar surface area (TPSA) is 28.4 Å². The van der Waals surface area contributed by atoms with Crippen molar-refractivity contribution in [1.82, 2.24) is 4.57 Å². The van der Waals surface area contributed by atoms with Crippen molar-refractivity contribution in [3.05, 3.63) is 261 Å². The van der Waals surface area contributed by atoms with Crippen LogP contribution in [0, 0.1) is 0 Å². The molecule has 3 nitrogen and oxygen atoms in total. The van der Waals surface area contributed by atoms with E-state index in [2.05, 4.69) is 41.0 Å². The summed E-state index contributed by atoms with van der Waals surface area (Å²) < 4.78 is 120. The summed E-state index contributed by atoms with van der Waals surface area (Å²) in [7, 11) is 0. The molecule has 0 amide bonds. The highest BCUT2D eigenvalue weighted by Gasteiger charge is 2.19. The molecule has 12 rings (SSSR count). The van der Waals surface area contributed by atoms with Crippen molar-refractivity contribution in [1.29, 1.82) is 0 Å². The SMILES string of the molecule is [2H]c1c([2H])c(-c2cc3c([2H])c([2H])c([2H])c([2H])c3c([2H])c2[2H])c(O)c(-c2c([2H])c([2H])c(N(c3ccc(-c4cccc(-n5c6ccccc6c6ccccc65)c4)cc3)c3cc(-c4ccccc4)cc(-c4ccccc4)c3)c([2H])c2[2H])c1[2H]. The second-order valence-electron chi connectivity index (χ2n) is 16.1. The van der Waals surface area contributed by atoms with E-state index in [-0.39, 0.29) is 22.0 Å². The third kappa shape index (κ3) is 7.39. The van der Waals surface area contributed by atoms with E-state index in [4.69, 9.17) is 12.3 Å². The molecule has 12 aromatic rings. The van der Waals surface area contributed by atoms with E-state index in [1.54, 1.807) is 4.90 Å². The lowest BCUT2D eigenvalue weighted by Gasteiger charge is -2.27. The fraction of sp³-hybridized carbons (Fsp3) is 0. The first-order valence-corrected chi connectivity index (χ1v) is 21.7. The van der Waals surface area contributed by atoms with Crippen molar-refractivity contribution in [2.75, 3.05) is 4.90 Å². The van der Waals surface area contributed by atoms with Crippen LogP contribution in [0.15, 0.2) is 261 Å². The smallest absolute Gasteiger partial charge is 0.131 e. The highest BCUT2D eigenvalue weighted by atomic mass is 16.3. The fourth-order valence-corrected chi connectivity index (χ4v) is 8.86. The summed E-state index contributed by atoms with van der Waals surface area (Å²) in [6.07, 6.45) is 0. The molecule has 67 heavy (non-hydrogen) atoms. The van der Waals surface area contributed by atoms with Crippen LogP contribution in [0.1, 0.15) is 17.8 Å². The molecule has 1 N–H and O–H groups in total. The minimum absolute atomic E-state index is 0.181. The summed E-state index contributed by atoms with van der Waals surface area (Å²) in [5.74, 6) is -0.949. The molecule has 0 aliphatic heterocycles. The third-order valence-corrected chi connectivity index (χ3v) is 12.1. The third-order valence-electron chi connectivity index (χ3n) is 12.1. The van der Waals surface area contributed by atoms with Crippen molar-refractivity contribution in [2.45, 2.75) is 0 Å². The molecular formula is C64H44N2O. The van der Waals surface area contributed by atoms with Gasteiger partial charge >= 0.3 is 0 Å². The van der Waals surface area contributed by atoms with Gasteiger partial charge in [0.05, 0.1) is 28.9 Å². The van der Waals surface area contributed by atoms with Gasteiger partial charge in [-0.25, -0.2) is 0 Å². The van der Waals surface area contributed by atoms with Crippen molar-refractivity contribution in [3.63, 3.8) is 0 Å². The number of aromatic nitrogens is 1. The van der Waals surface area contributed by atoms with Crippen molar-refractivity contribution >= 4 is 49.6 Å². The van der Waals surface area contributed by atoms with Gasteiger partial charge in [0.25, 0.3) is 0 Å². The van der Waals surface area contributed by atoms with Gasteiger partial charge in [-0.1, -0.05) is 188 Å². The maximum Gasteiger partial charge on any atom is 0.131 e. The van der Waals surface area contributed by atoms with Crippen LogP contribution in [-0.4, -0.2) is 9.67 Å². The Bertz CT molecular complexity index is 4390. The maximum atomic E-state index is 12.3. The molecule has 0 atom stereocenters. The van der Waals surface area contributed by atoms with Crippen LogP contribution >= 0.6 is 0 Å². The summed E-state index contributed by atoms with van der Waals surface area (Å²) in [6, 6.07) is 50.2. The van der Waals surface area contributed by atoms with E-state index in [1.165, 1.54) is 0 Å². The number of rotatable bonds is 9. The van der Waals surface area contributed by atoms with Crippen molar-refractivity contribution in [2.24, 2.45) is 0 Å². The molecule has 0 radical (unpaired) electrons. The number of fused-ring (bicyclic) bond motifs is 4. The van der Waals surface area contributed by atoms with Gasteiger partial charge in [-0.05, 0) is 128 Å². The molecule has 11 aromatic carbocycles. The van der Waals surface area contributed by atoms with E-state index < -0.39 is 101 Å². The Morgan fingerprint density at radius 2 is 0.896 bits per heavy atom. The van der Waals surface area contributed by atoms with Crippen LogP contribution in [0.4, 0.5) is 17.1 Å². The summed E-state index contributed by atoms with van der Waals surface area (Å²) in [4.78, 5) is 1.65. The first kappa shape index (κ1) is 28.1. The lowest BCUT2D eigenvalue weighted by atomic mass is 9.95. The standard InChI is InChI=1S/C64H44N2O/c67-64-58(25-14-26-59(64)51-30-29-46-19-7-8-20-49(46)39-51)48-33-37-55(38-34-48)65(57-42-52(44-15-3-1-4-16-44)40-53(43-57)45-17-5-2-6-18-45)54-35-31-47(32-36-54)50-21-13-22-56(41-50)66-62-27-11-9-23-60(62)61-24-10-12-28-63(61)66/h1-43,67H/i7D,8D,14D,19D,20D,25D,26D,29D,30D,33D,34D,37D,38D. The van der Waals surface area contributed by atoms with E-state index >= 15 is 0 Å². The number of para-hydroxylation sites is 3. The van der Waals surface area contributed by atoms with Gasteiger partial charge in [0, 0.05) is 44.6 Å². The Hall–Kier alpha value is -8.92. The molecule has 3 heteroatoms. The largest absolute Gasteiger partial charge is 0.507 e. The van der Waals surface area contributed by atoms with Gasteiger partial charge in [0.1, 0.15) is 5.75 Å². The van der Waals surface area contributed by atoms with E-state index in [1.807, 2.05) is 140 Å². The minimum atomic E-state index is -0.949. The maximum absolute atomic E-state index is 12.3. The minimum Gasteiger partial charge on any atom is -0.507 e. The van der Waals surface area contributed by atoms with E-state index in [9.17, 15) is 10.6 Å². The normalized spacial score (nSPS) is 14.1. The number of nitrogens with zero attached hydrogens (tertiary/aromatic N) is 2. The molecule has 0 aliphatic rings. The van der Waals surface area contributed by atoms with Crippen molar-refractivity contribution < 1.29 is 22.9 Å².